The lowest BCUT2D eigenvalue weighted by molar-refractivity contribution is -0.120. The van der Waals surface area contributed by atoms with Crippen LogP contribution in [0.3, 0.4) is 0 Å². The standard InChI is InChI=1S/C30H32N2O2/c1-5-6-7-22-10-18-26(19-11-22)32-29(33)27(24-12-8-21(4)9-13-24)28(30(32)34)31-25-16-14-23(15-17-25)20(2)3/h8-20,31H,5-7H2,1-4H3. The molecule has 0 fully saturated rings. The molecule has 3 aromatic carbocycles. The van der Waals surface area contributed by atoms with Crippen molar-refractivity contribution in [1.29, 1.82) is 0 Å². The van der Waals surface area contributed by atoms with Gasteiger partial charge in [0.2, 0.25) is 0 Å². The topological polar surface area (TPSA) is 49.4 Å². The summed E-state index contributed by atoms with van der Waals surface area (Å²) >= 11 is 0. The molecule has 0 radical (unpaired) electrons. The van der Waals surface area contributed by atoms with E-state index >= 15 is 0 Å². The van der Waals surface area contributed by atoms with Crippen molar-refractivity contribution in [2.24, 2.45) is 0 Å². The molecule has 0 atom stereocenters. The van der Waals surface area contributed by atoms with Crippen molar-refractivity contribution in [3.63, 3.8) is 0 Å². The Morgan fingerprint density at radius 1 is 0.824 bits per heavy atom. The fourth-order valence-electron chi connectivity index (χ4n) is 4.16. The molecule has 4 heteroatoms. The Hall–Kier alpha value is -3.66. The summed E-state index contributed by atoms with van der Waals surface area (Å²) in [5.74, 6) is -0.229. The van der Waals surface area contributed by atoms with E-state index in [9.17, 15) is 9.59 Å². The van der Waals surface area contributed by atoms with Crippen molar-refractivity contribution in [1.82, 2.24) is 0 Å². The predicted octanol–water partition coefficient (Wildman–Crippen LogP) is 6.86. The van der Waals surface area contributed by atoms with E-state index in [-0.39, 0.29) is 11.8 Å². The molecule has 2 amide bonds. The summed E-state index contributed by atoms with van der Waals surface area (Å²) in [5, 5.41) is 3.26. The SMILES string of the molecule is CCCCc1ccc(N2C(=O)C(Nc3ccc(C(C)C)cc3)=C(c3ccc(C)cc3)C2=O)cc1. The van der Waals surface area contributed by atoms with Gasteiger partial charge in [0.25, 0.3) is 11.8 Å². The molecule has 174 valence electrons. The Labute approximate surface area is 202 Å². The van der Waals surface area contributed by atoms with Crippen LogP contribution >= 0.6 is 0 Å². The lowest BCUT2D eigenvalue weighted by Crippen LogP contribution is -2.32. The van der Waals surface area contributed by atoms with E-state index in [4.69, 9.17) is 0 Å². The Kier molecular flexibility index (Phi) is 6.97. The minimum atomic E-state index is -0.338. The van der Waals surface area contributed by atoms with Crippen LogP contribution in [0, 0.1) is 6.92 Å². The smallest absolute Gasteiger partial charge is 0.282 e. The van der Waals surface area contributed by atoms with E-state index in [1.54, 1.807) is 0 Å². The summed E-state index contributed by atoms with van der Waals surface area (Å²) in [6, 6.07) is 23.5. The highest BCUT2D eigenvalue weighted by Gasteiger charge is 2.40. The monoisotopic (exact) mass is 452 g/mol. The zero-order valence-corrected chi connectivity index (χ0v) is 20.4. The van der Waals surface area contributed by atoms with Gasteiger partial charge < -0.3 is 5.32 Å². The fourth-order valence-corrected chi connectivity index (χ4v) is 4.16. The van der Waals surface area contributed by atoms with Gasteiger partial charge in [-0.05, 0) is 66.6 Å². The van der Waals surface area contributed by atoms with E-state index in [1.165, 1.54) is 16.0 Å². The van der Waals surface area contributed by atoms with E-state index in [1.807, 2.05) is 79.7 Å². The van der Waals surface area contributed by atoms with Crippen LogP contribution in [0.25, 0.3) is 5.57 Å². The number of imide groups is 1. The fraction of sp³-hybridized carbons (Fsp3) is 0.267. The number of carbonyl (C=O) groups is 2. The Morgan fingerprint density at radius 2 is 1.47 bits per heavy atom. The number of hydrogen-bond acceptors (Lipinski definition) is 3. The molecular weight excluding hydrogens is 420 g/mol. The van der Waals surface area contributed by atoms with E-state index in [0.29, 0.717) is 22.9 Å². The van der Waals surface area contributed by atoms with Crippen LogP contribution in [0.5, 0.6) is 0 Å². The van der Waals surface area contributed by atoms with Crippen molar-refractivity contribution >= 4 is 28.8 Å². The van der Waals surface area contributed by atoms with Gasteiger partial charge in [0, 0.05) is 5.69 Å². The van der Waals surface area contributed by atoms with Gasteiger partial charge >= 0.3 is 0 Å². The van der Waals surface area contributed by atoms with Crippen LogP contribution in [-0.4, -0.2) is 11.8 Å². The highest BCUT2D eigenvalue weighted by Crippen LogP contribution is 2.34. The number of carbonyl (C=O) groups excluding carboxylic acids is 2. The molecule has 0 saturated carbocycles. The lowest BCUT2D eigenvalue weighted by atomic mass is 10.0. The minimum Gasteiger partial charge on any atom is -0.350 e. The minimum absolute atomic E-state index is 0.307. The first-order valence-electron chi connectivity index (χ1n) is 12.0. The summed E-state index contributed by atoms with van der Waals surface area (Å²) in [6.45, 7) is 8.46. The predicted molar refractivity (Wildman–Crippen MR) is 140 cm³/mol. The Balaban J connectivity index is 1.70. The van der Waals surface area contributed by atoms with Crippen LogP contribution in [0.2, 0.25) is 0 Å². The van der Waals surface area contributed by atoms with Gasteiger partial charge in [0.1, 0.15) is 5.70 Å². The summed E-state index contributed by atoms with van der Waals surface area (Å²) < 4.78 is 0. The Morgan fingerprint density at radius 3 is 2.06 bits per heavy atom. The van der Waals surface area contributed by atoms with Crippen molar-refractivity contribution in [2.45, 2.75) is 52.9 Å². The zero-order chi connectivity index (χ0) is 24.2. The first-order valence-corrected chi connectivity index (χ1v) is 12.0. The molecule has 1 heterocycles. The molecule has 4 nitrogen and oxygen atoms in total. The summed E-state index contributed by atoms with van der Waals surface area (Å²) in [5.41, 5.74) is 6.33. The largest absolute Gasteiger partial charge is 0.350 e. The van der Waals surface area contributed by atoms with Gasteiger partial charge in [-0.1, -0.05) is 81.3 Å². The third kappa shape index (κ3) is 4.81. The van der Waals surface area contributed by atoms with Gasteiger partial charge in [0.05, 0.1) is 11.3 Å². The number of aryl methyl sites for hydroxylation is 2. The molecule has 0 unspecified atom stereocenters. The van der Waals surface area contributed by atoms with Crippen molar-refractivity contribution < 1.29 is 9.59 Å². The third-order valence-corrected chi connectivity index (χ3v) is 6.28. The highest BCUT2D eigenvalue weighted by molar-refractivity contribution is 6.46. The third-order valence-electron chi connectivity index (χ3n) is 6.28. The number of hydrogen-bond donors (Lipinski definition) is 1. The van der Waals surface area contributed by atoms with E-state index in [0.717, 1.165) is 36.1 Å². The number of nitrogens with one attached hydrogen (secondary N) is 1. The second-order valence-electron chi connectivity index (χ2n) is 9.23. The highest BCUT2D eigenvalue weighted by atomic mass is 16.2. The molecule has 0 aliphatic carbocycles. The molecular formula is C30H32N2O2. The molecule has 0 bridgehead atoms. The molecule has 3 aromatic rings. The molecule has 1 aliphatic heterocycles. The van der Waals surface area contributed by atoms with Gasteiger partial charge in [-0.15, -0.1) is 0 Å². The number of nitrogens with zero attached hydrogens (tertiary/aromatic N) is 1. The number of unbranched alkanes of at least 4 members (excludes halogenated alkanes) is 1. The van der Waals surface area contributed by atoms with Gasteiger partial charge in [-0.3, -0.25) is 9.59 Å². The number of amides is 2. The number of benzene rings is 3. The molecule has 1 aliphatic rings. The van der Waals surface area contributed by atoms with Crippen molar-refractivity contribution in [3.8, 4) is 0 Å². The van der Waals surface area contributed by atoms with Gasteiger partial charge in [-0.2, -0.15) is 0 Å². The second-order valence-corrected chi connectivity index (χ2v) is 9.23. The van der Waals surface area contributed by atoms with Gasteiger partial charge in [-0.25, -0.2) is 4.90 Å². The average molecular weight is 453 g/mol. The van der Waals surface area contributed by atoms with Crippen LogP contribution in [-0.2, 0) is 16.0 Å². The maximum absolute atomic E-state index is 13.6. The lowest BCUT2D eigenvalue weighted by Gasteiger charge is -2.16. The van der Waals surface area contributed by atoms with E-state index in [2.05, 4.69) is 26.1 Å². The maximum atomic E-state index is 13.6. The summed E-state index contributed by atoms with van der Waals surface area (Å²) in [4.78, 5) is 28.5. The molecule has 34 heavy (non-hydrogen) atoms. The first-order chi connectivity index (χ1) is 16.4. The zero-order valence-electron chi connectivity index (χ0n) is 20.4. The normalized spacial score (nSPS) is 13.9. The van der Waals surface area contributed by atoms with E-state index < -0.39 is 0 Å². The van der Waals surface area contributed by atoms with Crippen LogP contribution < -0.4 is 10.2 Å². The van der Waals surface area contributed by atoms with Crippen molar-refractivity contribution in [3.05, 3.63) is 101 Å². The van der Waals surface area contributed by atoms with Crippen LogP contribution in [0.4, 0.5) is 11.4 Å². The molecule has 0 aromatic heterocycles. The number of anilines is 2. The van der Waals surface area contributed by atoms with Gasteiger partial charge in [0.15, 0.2) is 0 Å². The Bertz CT molecular complexity index is 1200. The molecule has 0 spiro atoms. The molecule has 4 rings (SSSR count). The quantitative estimate of drug-likeness (QED) is 0.380. The van der Waals surface area contributed by atoms with Crippen LogP contribution in [0.1, 0.15) is 61.8 Å². The summed E-state index contributed by atoms with van der Waals surface area (Å²) in [7, 11) is 0. The molecule has 0 saturated heterocycles. The van der Waals surface area contributed by atoms with Crippen LogP contribution in [0.15, 0.2) is 78.5 Å². The number of rotatable bonds is 8. The summed E-state index contributed by atoms with van der Waals surface area (Å²) in [6.07, 6.45) is 3.23. The maximum Gasteiger partial charge on any atom is 0.282 e. The molecule has 1 N–H and O–H groups in total. The first kappa shape index (κ1) is 23.5. The van der Waals surface area contributed by atoms with Crippen molar-refractivity contribution in [2.75, 3.05) is 10.2 Å². The average Bonchev–Trinajstić information content (AvgIpc) is 3.08. The second kappa shape index (κ2) is 10.1.